The molecule has 1 fully saturated rings. The molecule has 0 atom stereocenters. The maximum absolute atomic E-state index is 11.5. The molecule has 136 valence electrons. The molecule has 1 aromatic carbocycles. The average molecular weight is 372 g/mol. The number of amides is 1. The van der Waals surface area contributed by atoms with Crippen LogP contribution < -0.4 is 5.73 Å². The minimum Gasteiger partial charge on any atom is -0.379 e. The number of carbonyl (C=O) groups is 1. The fourth-order valence-electron chi connectivity index (χ4n) is 3.16. The van der Waals surface area contributed by atoms with Crippen molar-refractivity contribution in [2.75, 3.05) is 38.6 Å². The van der Waals surface area contributed by atoms with Crippen molar-refractivity contribution in [3.63, 3.8) is 0 Å². The van der Waals surface area contributed by atoms with Crippen molar-refractivity contribution < 1.29 is 9.53 Å². The van der Waals surface area contributed by atoms with Crippen LogP contribution in [0.4, 0.5) is 0 Å². The van der Waals surface area contributed by atoms with Gasteiger partial charge in [-0.1, -0.05) is 30.0 Å². The third-order valence-corrected chi connectivity index (χ3v) is 5.23. The van der Waals surface area contributed by atoms with Crippen LogP contribution >= 0.6 is 11.8 Å². The van der Waals surface area contributed by atoms with Gasteiger partial charge in [-0.05, 0) is 6.07 Å². The number of fused-ring (bicyclic) bond motifs is 3. The van der Waals surface area contributed by atoms with E-state index < -0.39 is 5.91 Å². The number of hydrogen-bond acceptors (Lipinski definition) is 7. The first kappa shape index (κ1) is 17.2. The predicted molar refractivity (Wildman–Crippen MR) is 100 cm³/mol. The largest absolute Gasteiger partial charge is 0.379 e. The lowest BCUT2D eigenvalue weighted by Crippen LogP contribution is -2.37. The van der Waals surface area contributed by atoms with Gasteiger partial charge in [-0.15, -0.1) is 10.2 Å². The third kappa shape index (κ3) is 3.50. The molecule has 1 aliphatic rings. The van der Waals surface area contributed by atoms with Gasteiger partial charge in [0.05, 0.1) is 18.7 Å². The summed E-state index contributed by atoms with van der Waals surface area (Å²) in [5.74, 6) is 0.469. The summed E-state index contributed by atoms with van der Waals surface area (Å²) in [6.07, 6.45) is 0. The van der Waals surface area contributed by atoms with E-state index in [4.69, 9.17) is 10.5 Å². The van der Waals surface area contributed by atoms with Crippen molar-refractivity contribution in [3.8, 4) is 0 Å². The Labute approximate surface area is 154 Å². The predicted octanol–water partition coefficient (Wildman–Crippen LogP) is 0.889. The van der Waals surface area contributed by atoms with Gasteiger partial charge in [0.25, 0.3) is 0 Å². The highest BCUT2D eigenvalue weighted by Gasteiger charge is 2.16. The van der Waals surface area contributed by atoms with E-state index in [1.54, 1.807) is 11.8 Å². The van der Waals surface area contributed by atoms with E-state index in [1.165, 1.54) is 0 Å². The Hall–Kier alpha value is -2.23. The number of morpholine rings is 1. The quantitative estimate of drug-likeness (QED) is 0.642. The monoisotopic (exact) mass is 372 g/mol. The highest BCUT2D eigenvalue weighted by Crippen LogP contribution is 2.27. The summed E-state index contributed by atoms with van der Waals surface area (Å²) >= 11 is 1.57. The third-order valence-electron chi connectivity index (χ3n) is 4.41. The number of nitrogens with two attached hydrogens (primary N) is 1. The van der Waals surface area contributed by atoms with Gasteiger partial charge in [-0.3, -0.25) is 9.69 Å². The number of hydrogen-bond donors (Lipinski definition) is 1. The van der Waals surface area contributed by atoms with Gasteiger partial charge >= 0.3 is 0 Å². The van der Waals surface area contributed by atoms with E-state index in [2.05, 4.69) is 20.1 Å². The lowest BCUT2D eigenvalue weighted by atomic mass is 10.2. The molecule has 1 saturated heterocycles. The van der Waals surface area contributed by atoms with E-state index in [-0.39, 0.29) is 6.54 Å². The fourth-order valence-corrected chi connectivity index (χ4v) is 3.94. The van der Waals surface area contributed by atoms with Crippen LogP contribution in [-0.2, 0) is 16.1 Å². The van der Waals surface area contributed by atoms with Gasteiger partial charge in [-0.25, -0.2) is 4.98 Å². The summed E-state index contributed by atoms with van der Waals surface area (Å²) < 4.78 is 7.18. The molecule has 0 spiro atoms. The van der Waals surface area contributed by atoms with Crippen LogP contribution in [0.5, 0.6) is 0 Å². The Morgan fingerprint density at radius 3 is 2.85 bits per heavy atom. The number of aromatic nitrogens is 4. The molecule has 3 heterocycles. The normalized spacial score (nSPS) is 15.7. The Kier molecular flexibility index (Phi) is 5.00. The molecule has 2 N–H and O–H groups in total. The first-order chi connectivity index (χ1) is 12.7. The van der Waals surface area contributed by atoms with Crippen LogP contribution in [0.25, 0.3) is 22.1 Å². The molecule has 0 aliphatic carbocycles. The lowest BCUT2D eigenvalue weighted by molar-refractivity contribution is -0.118. The zero-order valence-corrected chi connectivity index (χ0v) is 15.1. The Morgan fingerprint density at radius 2 is 2.04 bits per heavy atom. The summed E-state index contributed by atoms with van der Waals surface area (Å²) in [6.45, 7) is 4.54. The van der Waals surface area contributed by atoms with Crippen molar-refractivity contribution in [2.24, 2.45) is 5.73 Å². The van der Waals surface area contributed by atoms with Gasteiger partial charge in [0.2, 0.25) is 11.1 Å². The molecule has 0 unspecified atom stereocenters. The minimum atomic E-state index is -0.409. The van der Waals surface area contributed by atoms with Crippen molar-refractivity contribution in [1.82, 2.24) is 24.6 Å². The van der Waals surface area contributed by atoms with Crippen molar-refractivity contribution >= 4 is 39.7 Å². The Balaban J connectivity index is 1.59. The number of para-hydroxylation sites is 1. The second-order valence-electron chi connectivity index (χ2n) is 6.14. The Bertz CT molecular complexity index is 938. The summed E-state index contributed by atoms with van der Waals surface area (Å²) in [5, 5.41) is 10.2. The highest BCUT2D eigenvalue weighted by atomic mass is 32.2. The molecule has 2 aromatic heterocycles. The van der Waals surface area contributed by atoms with E-state index in [0.717, 1.165) is 49.5 Å². The molecule has 0 saturated carbocycles. The molecule has 0 bridgehead atoms. The fraction of sp³-hybridized carbons (Fsp3) is 0.412. The van der Waals surface area contributed by atoms with Gasteiger partial charge in [-0.2, -0.15) is 0 Å². The van der Waals surface area contributed by atoms with Gasteiger partial charge in [0.1, 0.15) is 12.1 Å². The average Bonchev–Trinajstić information content (AvgIpc) is 2.96. The summed E-state index contributed by atoms with van der Waals surface area (Å²) in [6, 6.07) is 7.75. The molecule has 0 radical (unpaired) electrons. The molecule has 1 amide bonds. The number of ether oxygens (including phenoxy) is 1. The second-order valence-corrected chi connectivity index (χ2v) is 7.20. The molecule has 8 nitrogen and oxygen atoms in total. The number of rotatable bonds is 6. The molecule has 26 heavy (non-hydrogen) atoms. The number of nitrogens with zero attached hydrogens (tertiary/aromatic N) is 5. The second kappa shape index (κ2) is 7.56. The number of benzene rings is 1. The molecule has 4 rings (SSSR count). The van der Waals surface area contributed by atoms with Gasteiger partial charge in [0.15, 0.2) is 5.65 Å². The van der Waals surface area contributed by atoms with Crippen molar-refractivity contribution in [2.45, 2.75) is 11.7 Å². The van der Waals surface area contributed by atoms with Crippen LogP contribution in [0.1, 0.15) is 0 Å². The zero-order valence-electron chi connectivity index (χ0n) is 14.3. The molecule has 3 aromatic rings. The highest BCUT2D eigenvalue weighted by molar-refractivity contribution is 7.99. The molecule has 1 aliphatic heterocycles. The van der Waals surface area contributed by atoms with Crippen molar-refractivity contribution in [1.29, 1.82) is 0 Å². The van der Waals surface area contributed by atoms with Crippen LogP contribution in [-0.4, -0.2) is 69.2 Å². The zero-order chi connectivity index (χ0) is 17.9. The van der Waals surface area contributed by atoms with E-state index in [0.29, 0.717) is 16.3 Å². The van der Waals surface area contributed by atoms with Crippen LogP contribution in [0, 0.1) is 0 Å². The van der Waals surface area contributed by atoms with Gasteiger partial charge in [0, 0.05) is 30.8 Å². The van der Waals surface area contributed by atoms with Crippen LogP contribution in [0.2, 0.25) is 0 Å². The number of thioether (sulfide) groups is 1. The van der Waals surface area contributed by atoms with E-state index in [1.807, 2.05) is 28.8 Å². The molecule has 9 heteroatoms. The van der Waals surface area contributed by atoms with Crippen LogP contribution in [0.15, 0.2) is 29.4 Å². The first-order valence-corrected chi connectivity index (χ1v) is 9.54. The summed E-state index contributed by atoms with van der Waals surface area (Å²) in [7, 11) is 0. The summed E-state index contributed by atoms with van der Waals surface area (Å²) in [5.41, 5.74) is 7.65. The van der Waals surface area contributed by atoms with Crippen LogP contribution in [0.3, 0.4) is 0 Å². The van der Waals surface area contributed by atoms with E-state index in [9.17, 15) is 4.79 Å². The maximum atomic E-state index is 11.5. The standard InChI is InChI=1S/C17H20N6O2S/c18-14(24)11-23-13-4-2-1-3-12(13)15-16(23)19-17(21-20-15)26-10-7-22-5-8-25-9-6-22/h1-4H,5-11H2,(H2,18,24). The SMILES string of the molecule is NC(=O)Cn1c2ccccc2c2nnc(SCCN3CCOCC3)nc21. The summed E-state index contributed by atoms with van der Waals surface area (Å²) in [4.78, 5) is 18.5. The topological polar surface area (TPSA) is 99.2 Å². The number of carbonyl (C=O) groups excluding carboxylic acids is 1. The lowest BCUT2D eigenvalue weighted by Gasteiger charge is -2.26. The van der Waals surface area contributed by atoms with E-state index >= 15 is 0 Å². The number of primary amides is 1. The first-order valence-electron chi connectivity index (χ1n) is 8.55. The smallest absolute Gasteiger partial charge is 0.237 e. The molecular formula is C17H20N6O2S. The molecular weight excluding hydrogens is 352 g/mol. The Morgan fingerprint density at radius 1 is 1.23 bits per heavy atom. The van der Waals surface area contributed by atoms with Crippen molar-refractivity contribution in [3.05, 3.63) is 24.3 Å². The maximum Gasteiger partial charge on any atom is 0.237 e. The van der Waals surface area contributed by atoms with Gasteiger partial charge < -0.3 is 15.0 Å². The minimum absolute atomic E-state index is 0.0700.